The van der Waals surface area contributed by atoms with Gasteiger partial charge in [-0.1, -0.05) is 25.7 Å². The maximum atomic E-state index is 13.9. The lowest BCUT2D eigenvalue weighted by molar-refractivity contribution is 0.116. The van der Waals surface area contributed by atoms with Gasteiger partial charge in [0.25, 0.3) is 0 Å². The van der Waals surface area contributed by atoms with Gasteiger partial charge in [0.05, 0.1) is 0 Å². The highest BCUT2D eigenvalue weighted by Crippen LogP contribution is 2.45. The Morgan fingerprint density at radius 1 is 0.857 bits per heavy atom. The normalized spacial score (nSPS) is 30.8. The van der Waals surface area contributed by atoms with Crippen molar-refractivity contribution in [1.82, 2.24) is 0 Å². The molecular formula is C17H22F3N. The molecule has 0 heterocycles. The number of nitrogens with two attached hydrogens (primary N) is 1. The van der Waals surface area contributed by atoms with E-state index >= 15 is 0 Å². The number of hydrogen-bond acceptors (Lipinski definition) is 1. The molecule has 0 aromatic heterocycles. The summed E-state index contributed by atoms with van der Waals surface area (Å²) in [6, 6.07) is 1.00. The molecule has 21 heavy (non-hydrogen) atoms. The zero-order valence-electron chi connectivity index (χ0n) is 12.1. The number of hydrogen-bond donors (Lipinski definition) is 1. The van der Waals surface area contributed by atoms with Crippen LogP contribution >= 0.6 is 0 Å². The lowest BCUT2D eigenvalue weighted by atomic mass is 9.65. The van der Waals surface area contributed by atoms with E-state index in [-0.39, 0.29) is 11.5 Å². The van der Waals surface area contributed by atoms with Crippen LogP contribution in [0.1, 0.15) is 56.6 Å². The van der Waals surface area contributed by atoms with Crippen molar-refractivity contribution in [3.63, 3.8) is 0 Å². The summed E-state index contributed by atoms with van der Waals surface area (Å²) in [5.41, 5.74) is 6.30. The van der Waals surface area contributed by atoms with Crippen molar-refractivity contribution in [2.75, 3.05) is 0 Å². The third-order valence-electron chi connectivity index (χ3n) is 5.49. The molecule has 1 aromatic carbocycles. The van der Waals surface area contributed by atoms with Crippen molar-refractivity contribution in [3.8, 4) is 0 Å². The highest BCUT2D eigenvalue weighted by molar-refractivity contribution is 5.24. The second-order valence-corrected chi connectivity index (χ2v) is 6.69. The Hall–Kier alpha value is -1.03. The van der Waals surface area contributed by atoms with Crippen LogP contribution < -0.4 is 5.73 Å². The predicted molar refractivity (Wildman–Crippen MR) is 76.0 cm³/mol. The standard InChI is InChI=1S/C17H22F3N/c18-14-9-16(20)15(19)8-13(14)17(21)12-6-5-10-3-1-2-4-11(10)7-12/h8-12,17H,1-7,21H2. The van der Waals surface area contributed by atoms with Crippen LogP contribution in [0.3, 0.4) is 0 Å². The van der Waals surface area contributed by atoms with Gasteiger partial charge >= 0.3 is 0 Å². The molecule has 4 heteroatoms. The second-order valence-electron chi connectivity index (χ2n) is 6.69. The Labute approximate surface area is 123 Å². The summed E-state index contributed by atoms with van der Waals surface area (Å²) in [6.07, 6.45) is 8.19. The van der Waals surface area contributed by atoms with Gasteiger partial charge in [-0.3, -0.25) is 0 Å². The van der Waals surface area contributed by atoms with Crippen LogP contribution in [0.2, 0.25) is 0 Å². The summed E-state index contributed by atoms with van der Waals surface area (Å²) < 4.78 is 40.3. The van der Waals surface area contributed by atoms with Crippen LogP contribution in [0, 0.1) is 35.2 Å². The Morgan fingerprint density at radius 2 is 1.52 bits per heavy atom. The summed E-state index contributed by atoms with van der Waals surface area (Å²) in [5, 5.41) is 0. The van der Waals surface area contributed by atoms with E-state index in [0.717, 1.165) is 31.2 Å². The van der Waals surface area contributed by atoms with E-state index in [2.05, 4.69) is 0 Å². The average Bonchev–Trinajstić information content (AvgIpc) is 2.50. The van der Waals surface area contributed by atoms with E-state index < -0.39 is 23.5 Å². The molecule has 116 valence electrons. The molecule has 0 aliphatic heterocycles. The molecule has 1 nitrogen and oxygen atoms in total. The van der Waals surface area contributed by atoms with Crippen LogP contribution in [0.15, 0.2) is 12.1 Å². The molecule has 0 radical (unpaired) electrons. The third-order valence-corrected chi connectivity index (χ3v) is 5.49. The van der Waals surface area contributed by atoms with Gasteiger partial charge in [0.1, 0.15) is 5.82 Å². The summed E-state index contributed by atoms with van der Waals surface area (Å²) in [5.74, 6) is -1.27. The maximum absolute atomic E-state index is 13.9. The fourth-order valence-corrected chi connectivity index (χ4v) is 4.28. The first-order chi connectivity index (χ1) is 10.1. The lowest BCUT2D eigenvalue weighted by Gasteiger charge is -2.41. The molecule has 4 unspecified atom stereocenters. The molecule has 4 atom stereocenters. The van der Waals surface area contributed by atoms with Gasteiger partial charge in [-0.25, -0.2) is 13.2 Å². The van der Waals surface area contributed by atoms with E-state index in [4.69, 9.17) is 5.73 Å². The largest absolute Gasteiger partial charge is 0.324 e. The van der Waals surface area contributed by atoms with Crippen LogP contribution in [0.5, 0.6) is 0 Å². The van der Waals surface area contributed by atoms with Gasteiger partial charge in [0, 0.05) is 17.7 Å². The van der Waals surface area contributed by atoms with Crippen molar-refractivity contribution >= 4 is 0 Å². The molecule has 0 amide bonds. The monoisotopic (exact) mass is 297 g/mol. The fourth-order valence-electron chi connectivity index (χ4n) is 4.28. The molecule has 2 aliphatic rings. The van der Waals surface area contributed by atoms with E-state index in [1.165, 1.54) is 25.7 Å². The smallest absolute Gasteiger partial charge is 0.161 e. The number of benzene rings is 1. The molecule has 2 fully saturated rings. The van der Waals surface area contributed by atoms with Gasteiger partial charge in [-0.05, 0) is 43.1 Å². The predicted octanol–water partition coefficient (Wildman–Crippen LogP) is 4.71. The second kappa shape index (κ2) is 5.99. The van der Waals surface area contributed by atoms with E-state index in [9.17, 15) is 13.2 Å². The number of halogens is 3. The van der Waals surface area contributed by atoms with Crippen LogP contribution in [-0.2, 0) is 0 Å². The number of fused-ring (bicyclic) bond motifs is 1. The van der Waals surface area contributed by atoms with E-state index in [1.807, 2.05) is 0 Å². The van der Waals surface area contributed by atoms with Crippen LogP contribution in [-0.4, -0.2) is 0 Å². The van der Waals surface area contributed by atoms with Crippen LogP contribution in [0.4, 0.5) is 13.2 Å². The molecule has 2 aliphatic carbocycles. The summed E-state index contributed by atoms with van der Waals surface area (Å²) >= 11 is 0. The van der Waals surface area contributed by atoms with Crippen molar-refractivity contribution < 1.29 is 13.2 Å². The number of rotatable bonds is 2. The minimum absolute atomic E-state index is 0.119. The quantitative estimate of drug-likeness (QED) is 0.786. The Morgan fingerprint density at radius 3 is 2.29 bits per heavy atom. The van der Waals surface area contributed by atoms with Gasteiger partial charge < -0.3 is 5.73 Å². The van der Waals surface area contributed by atoms with Crippen LogP contribution in [0.25, 0.3) is 0 Å². The van der Waals surface area contributed by atoms with Gasteiger partial charge in [0.15, 0.2) is 11.6 Å². The highest BCUT2D eigenvalue weighted by Gasteiger charge is 2.35. The first-order valence-corrected chi connectivity index (χ1v) is 7.96. The maximum Gasteiger partial charge on any atom is 0.161 e. The molecule has 0 bridgehead atoms. The zero-order valence-corrected chi connectivity index (χ0v) is 12.1. The minimum atomic E-state index is -1.15. The highest BCUT2D eigenvalue weighted by atomic mass is 19.2. The van der Waals surface area contributed by atoms with Gasteiger partial charge in [-0.2, -0.15) is 0 Å². The lowest BCUT2D eigenvalue weighted by Crippen LogP contribution is -2.33. The van der Waals surface area contributed by atoms with E-state index in [1.54, 1.807) is 0 Å². The Balaban J connectivity index is 1.76. The van der Waals surface area contributed by atoms with Crippen molar-refractivity contribution in [2.45, 2.75) is 51.0 Å². The summed E-state index contributed by atoms with van der Waals surface area (Å²) in [6.45, 7) is 0. The molecule has 1 aromatic rings. The van der Waals surface area contributed by atoms with Crippen molar-refractivity contribution in [1.29, 1.82) is 0 Å². The van der Waals surface area contributed by atoms with Crippen molar-refractivity contribution in [3.05, 3.63) is 35.1 Å². The summed E-state index contributed by atoms with van der Waals surface area (Å²) in [7, 11) is 0. The first-order valence-electron chi connectivity index (χ1n) is 7.96. The third kappa shape index (κ3) is 2.96. The fraction of sp³-hybridized carbons (Fsp3) is 0.647. The SMILES string of the molecule is NC(c1cc(F)c(F)cc1F)C1CCC2CCCCC2C1. The zero-order chi connectivity index (χ0) is 15.0. The van der Waals surface area contributed by atoms with Gasteiger partial charge in [-0.15, -0.1) is 0 Å². The van der Waals surface area contributed by atoms with Gasteiger partial charge in [0.2, 0.25) is 0 Å². The average molecular weight is 297 g/mol. The topological polar surface area (TPSA) is 26.0 Å². The van der Waals surface area contributed by atoms with E-state index in [0.29, 0.717) is 12.0 Å². The molecule has 0 saturated heterocycles. The molecular weight excluding hydrogens is 275 g/mol. The first kappa shape index (κ1) is 14.9. The molecule has 3 rings (SSSR count). The Bertz CT molecular complexity index is 517. The summed E-state index contributed by atoms with van der Waals surface area (Å²) in [4.78, 5) is 0. The van der Waals surface area contributed by atoms with Crippen molar-refractivity contribution in [2.24, 2.45) is 23.5 Å². The molecule has 2 N–H and O–H groups in total. The molecule has 0 spiro atoms. The molecule has 2 saturated carbocycles. The Kier molecular flexibility index (Phi) is 4.25. The minimum Gasteiger partial charge on any atom is -0.324 e.